The number of carbonyl (C=O) groups is 1. The third-order valence-electron chi connectivity index (χ3n) is 3.17. The molecule has 0 aliphatic heterocycles. The molecule has 2 amide bonds. The van der Waals surface area contributed by atoms with Crippen molar-refractivity contribution in [1.82, 2.24) is 20.3 Å². The van der Waals surface area contributed by atoms with Crippen LogP contribution in [0.3, 0.4) is 0 Å². The molecule has 0 saturated carbocycles. The Hall–Kier alpha value is -3.22. The van der Waals surface area contributed by atoms with Gasteiger partial charge in [0.25, 0.3) is 0 Å². The van der Waals surface area contributed by atoms with Crippen LogP contribution in [-0.4, -0.2) is 27.5 Å². The Balaban J connectivity index is 1.96. The van der Waals surface area contributed by atoms with Crippen molar-refractivity contribution in [3.05, 3.63) is 42.6 Å². The van der Waals surface area contributed by atoms with Crippen molar-refractivity contribution in [3.63, 3.8) is 0 Å². The van der Waals surface area contributed by atoms with Gasteiger partial charge < -0.3 is 11.1 Å². The zero-order chi connectivity index (χ0) is 16.2. The summed E-state index contributed by atoms with van der Waals surface area (Å²) >= 11 is 0. The highest BCUT2D eigenvalue weighted by Crippen LogP contribution is 2.21. The lowest BCUT2D eigenvalue weighted by molar-refractivity contribution is 0.252. The molecule has 0 saturated heterocycles. The Morgan fingerprint density at radius 1 is 1.22 bits per heavy atom. The summed E-state index contributed by atoms with van der Waals surface area (Å²) in [6.07, 6.45) is 1.50. The van der Waals surface area contributed by atoms with Gasteiger partial charge in [0.1, 0.15) is 5.52 Å². The van der Waals surface area contributed by atoms with Crippen molar-refractivity contribution in [2.45, 2.75) is 6.92 Å². The second kappa shape index (κ2) is 6.27. The van der Waals surface area contributed by atoms with Gasteiger partial charge in [0, 0.05) is 17.8 Å². The predicted molar refractivity (Wildman–Crippen MR) is 89.9 cm³/mol. The zero-order valence-electron chi connectivity index (χ0n) is 12.6. The molecule has 0 bridgehead atoms. The molecule has 0 spiro atoms. The summed E-state index contributed by atoms with van der Waals surface area (Å²) in [5, 5.41) is 5.25. The average molecular weight is 308 g/mol. The molecule has 3 rings (SSSR count). The first-order valence-electron chi connectivity index (χ1n) is 7.20. The van der Waals surface area contributed by atoms with Gasteiger partial charge in [-0.2, -0.15) is 0 Å². The minimum absolute atomic E-state index is 0.326. The number of nitrogens with zero attached hydrogens (tertiary/aromatic N) is 3. The molecule has 7 nitrogen and oxygen atoms in total. The quantitative estimate of drug-likeness (QED) is 0.644. The van der Waals surface area contributed by atoms with Gasteiger partial charge in [-0.3, -0.25) is 5.32 Å². The first-order valence-corrected chi connectivity index (χ1v) is 7.20. The summed E-state index contributed by atoms with van der Waals surface area (Å²) in [6.45, 7) is 2.37. The van der Waals surface area contributed by atoms with Crippen LogP contribution in [0.15, 0.2) is 42.6 Å². The van der Waals surface area contributed by atoms with Crippen molar-refractivity contribution in [2.24, 2.45) is 0 Å². The highest BCUT2D eigenvalue weighted by Gasteiger charge is 2.07. The van der Waals surface area contributed by atoms with E-state index in [2.05, 4.69) is 25.6 Å². The molecule has 4 N–H and O–H groups in total. The number of nitrogens with one attached hydrogen (secondary N) is 2. The van der Waals surface area contributed by atoms with Gasteiger partial charge in [-0.05, 0) is 31.2 Å². The highest BCUT2D eigenvalue weighted by molar-refractivity contribution is 5.89. The smallest absolute Gasteiger partial charge is 0.320 e. The van der Waals surface area contributed by atoms with Crippen LogP contribution in [0.25, 0.3) is 22.4 Å². The number of fused-ring (bicyclic) bond motifs is 1. The molecule has 1 aromatic carbocycles. The van der Waals surface area contributed by atoms with Crippen molar-refractivity contribution in [3.8, 4) is 11.3 Å². The van der Waals surface area contributed by atoms with Gasteiger partial charge >= 0.3 is 6.03 Å². The number of carbonyl (C=O) groups excluding carboxylic acids is 1. The second-order valence-electron chi connectivity index (χ2n) is 4.90. The monoisotopic (exact) mass is 308 g/mol. The Bertz CT molecular complexity index is 864. The molecule has 0 atom stereocenters. The lowest BCUT2D eigenvalue weighted by atomic mass is 10.1. The van der Waals surface area contributed by atoms with E-state index >= 15 is 0 Å². The fraction of sp³-hybridized carbons (Fsp3) is 0.125. The number of nitrogens with two attached hydrogens (primary N) is 1. The van der Waals surface area contributed by atoms with Crippen LogP contribution in [0.4, 0.5) is 16.3 Å². The molecule has 0 aliphatic rings. The molecular weight excluding hydrogens is 292 g/mol. The number of aromatic nitrogens is 3. The molecule has 2 heterocycles. The fourth-order valence-corrected chi connectivity index (χ4v) is 2.14. The number of amides is 2. The lowest BCUT2D eigenvalue weighted by Crippen LogP contribution is -2.28. The van der Waals surface area contributed by atoms with Gasteiger partial charge in [-0.15, -0.1) is 0 Å². The van der Waals surface area contributed by atoms with Gasteiger partial charge in [-0.25, -0.2) is 19.7 Å². The van der Waals surface area contributed by atoms with Crippen LogP contribution in [0.5, 0.6) is 0 Å². The molecule has 7 heteroatoms. The first kappa shape index (κ1) is 14.7. The Morgan fingerprint density at radius 2 is 2.09 bits per heavy atom. The summed E-state index contributed by atoms with van der Waals surface area (Å²) in [7, 11) is 0. The lowest BCUT2D eigenvalue weighted by Gasteiger charge is -2.06. The number of pyridine rings is 1. The van der Waals surface area contributed by atoms with E-state index in [1.54, 1.807) is 0 Å². The number of benzene rings is 1. The van der Waals surface area contributed by atoms with Crippen molar-refractivity contribution < 1.29 is 4.79 Å². The predicted octanol–water partition coefficient (Wildman–Crippen LogP) is 2.42. The molecule has 0 fully saturated rings. The maximum absolute atomic E-state index is 11.6. The van der Waals surface area contributed by atoms with Crippen LogP contribution < -0.4 is 16.4 Å². The second-order valence-corrected chi connectivity index (χ2v) is 4.90. The van der Waals surface area contributed by atoms with E-state index in [0.29, 0.717) is 29.2 Å². The van der Waals surface area contributed by atoms with Crippen molar-refractivity contribution in [2.75, 3.05) is 17.6 Å². The molecule has 0 radical (unpaired) electrons. The van der Waals surface area contributed by atoms with E-state index in [1.807, 2.05) is 43.3 Å². The summed E-state index contributed by atoms with van der Waals surface area (Å²) < 4.78 is 0. The fourth-order valence-electron chi connectivity index (χ4n) is 2.14. The summed E-state index contributed by atoms with van der Waals surface area (Å²) in [5.74, 6) is 0.348. The normalized spacial score (nSPS) is 10.5. The average Bonchev–Trinajstić information content (AvgIpc) is 2.54. The molecule has 0 aliphatic carbocycles. The van der Waals surface area contributed by atoms with Gasteiger partial charge in [0.05, 0.1) is 11.9 Å². The maximum Gasteiger partial charge on any atom is 0.320 e. The Labute approximate surface area is 133 Å². The van der Waals surface area contributed by atoms with Crippen molar-refractivity contribution in [1.29, 1.82) is 0 Å². The molecule has 116 valence electrons. The standard InChI is InChI=1S/C16H16N6O/c1-2-18-16(23)22-14-9-19-13-7-6-12(20-15(13)21-14)10-4-3-5-11(17)8-10/h3-9H,2,17H2,1H3,(H2,18,20,21,22,23). The van der Waals surface area contributed by atoms with E-state index in [4.69, 9.17) is 5.73 Å². The summed E-state index contributed by atoms with van der Waals surface area (Å²) in [4.78, 5) is 24.6. The number of nitrogen functional groups attached to an aromatic ring is 1. The Morgan fingerprint density at radius 3 is 2.87 bits per heavy atom. The van der Waals surface area contributed by atoms with E-state index < -0.39 is 0 Å². The number of hydrogen-bond acceptors (Lipinski definition) is 5. The van der Waals surface area contributed by atoms with Crippen LogP contribution in [-0.2, 0) is 0 Å². The minimum atomic E-state index is -0.326. The van der Waals surface area contributed by atoms with E-state index in [-0.39, 0.29) is 6.03 Å². The summed E-state index contributed by atoms with van der Waals surface area (Å²) in [5.41, 5.74) is 9.23. The number of rotatable bonds is 3. The number of urea groups is 1. The van der Waals surface area contributed by atoms with Crippen LogP contribution in [0.2, 0.25) is 0 Å². The van der Waals surface area contributed by atoms with E-state index in [1.165, 1.54) is 6.20 Å². The molecular formula is C16H16N6O. The third-order valence-corrected chi connectivity index (χ3v) is 3.17. The third kappa shape index (κ3) is 3.34. The topological polar surface area (TPSA) is 106 Å². The van der Waals surface area contributed by atoms with Gasteiger partial charge in [0.2, 0.25) is 0 Å². The van der Waals surface area contributed by atoms with Gasteiger partial charge in [0.15, 0.2) is 11.5 Å². The van der Waals surface area contributed by atoms with Gasteiger partial charge in [-0.1, -0.05) is 12.1 Å². The SMILES string of the molecule is CCNC(=O)Nc1cnc2ccc(-c3cccc(N)c3)nc2n1. The molecule has 2 aromatic heterocycles. The number of anilines is 2. The Kier molecular flexibility index (Phi) is 4.01. The van der Waals surface area contributed by atoms with Crippen LogP contribution in [0, 0.1) is 0 Å². The van der Waals surface area contributed by atoms with Crippen LogP contribution in [0.1, 0.15) is 6.92 Å². The van der Waals surface area contributed by atoms with Crippen molar-refractivity contribution >= 4 is 28.7 Å². The first-order chi connectivity index (χ1) is 11.2. The number of hydrogen-bond donors (Lipinski definition) is 3. The largest absolute Gasteiger partial charge is 0.399 e. The molecule has 23 heavy (non-hydrogen) atoms. The maximum atomic E-state index is 11.6. The minimum Gasteiger partial charge on any atom is -0.399 e. The summed E-state index contributed by atoms with van der Waals surface area (Å²) in [6, 6.07) is 10.8. The van der Waals surface area contributed by atoms with E-state index in [9.17, 15) is 4.79 Å². The van der Waals surface area contributed by atoms with E-state index in [0.717, 1.165) is 11.3 Å². The highest BCUT2D eigenvalue weighted by atomic mass is 16.2. The molecule has 0 unspecified atom stereocenters. The molecule has 3 aromatic rings. The zero-order valence-corrected chi connectivity index (χ0v) is 12.6. The van der Waals surface area contributed by atoms with Crippen LogP contribution >= 0.6 is 0 Å².